The van der Waals surface area contributed by atoms with Gasteiger partial charge >= 0.3 is 6.03 Å². The maximum Gasteiger partial charge on any atom is 0.325 e. The molecule has 8 heteroatoms. The van der Waals surface area contributed by atoms with Crippen molar-refractivity contribution in [2.45, 2.75) is 25.3 Å². The highest BCUT2D eigenvalue weighted by molar-refractivity contribution is 14.1. The van der Waals surface area contributed by atoms with Crippen LogP contribution in [0.5, 0.6) is 5.75 Å². The Morgan fingerprint density at radius 3 is 2.43 bits per heavy atom. The zero-order chi connectivity index (χ0) is 20.3. The lowest BCUT2D eigenvalue weighted by molar-refractivity contribution is -0.133. The van der Waals surface area contributed by atoms with Crippen LogP contribution in [-0.2, 0) is 16.0 Å². The highest BCUT2D eigenvalue weighted by atomic mass is 127. The van der Waals surface area contributed by atoms with Gasteiger partial charge in [-0.3, -0.25) is 14.5 Å². The van der Waals surface area contributed by atoms with Crippen molar-refractivity contribution in [1.29, 1.82) is 0 Å². The molecule has 0 aliphatic carbocycles. The van der Waals surface area contributed by atoms with E-state index in [-0.39, 0.29) is 12.3 Å². The van der Waals surface area contributed by atoms with Crippen molar-refractivity contribution < 1.29 is 19.5 Å². The number of nitrogens with one attached hydrogen (secondary N) is 2. The third-order valence-electron chi connectivity index (χ3n) is 4.62. The standard InChI is InChI=1S/C20H20IN3O4/c1-20(11-10-13-2-8-16(25)9-3-13)18(27)24(19(28)23-20)12-17(26)22-15-6-4-14(21)5-7-15/h2-9,25H,10-12H2,1H3,(H,22,26)(H,23,28). The van der Waals surface area contributed by atoms with E-state index in [0.29, 0.717) is 18.5 Å². The topological polar surface area (TPSA) is 98.7 Å². The Labute approximate surface area is 176 Å². The zero-order valence-electron chi connectivity index (χ0n) is 15.2. The van der Waals surface area contributed by atoms with Crippen LogP contribution in [-0.4, -0.2) is 39.9 Å². The van der Waals surface area contributed by atoms with Crippen LogP contribution in [0.2, 0.25) is 0 Å². The number of nitrogens with zero attached hydrogens (tertiary/aromatic N) is 1. The summed E-state index contributed by atoms with van der Waals surface area (Å²) in [6.45, 7) is 1.32. The van der Waals surface area contributed by atoms with Gasteiger partial charge < -0.3 is 15.7 Å². The minimum atomic E-state index is -1.07. The van der Waals surface area contributed by atoms with E-state index in [1.54, 1.807) is 43.3 Å². The van der Waals surface area contributed by atoms with Crippen molar-refractivity contribution in [3.05, 3.63) is 57.7 Å². The van der Waals surface area contributed by atoms with Crippen LogP contribution in [0, 0.1) is 3.57 Å². The van der Waals surface area contributed by atoms with Gasteiger partial charge in [0, 0.05) is 9.26 Å². The fourth-order valence-electron chi connectivity index (χ4n) is 2.99. The molecule has 3 N–H and O–H groups in total. The number of phenols is 1. The van der Waals surface area contributed by atoms with Crippen LogP contribution in [0.25, 0.3) is 0 Å². The lowest BCUT2D eigenvalue weighted by Gasteiger charge is -2.21. The molecule has 1 saturated heterocycles. The van der Waals surface area contributed by atoms with Crippen LogP contribution in [0.4, 0.5) is 10.5 Å². The number of rotatable bonds is 6. The lowest BCUT2D eigenvalue weighted by atomic mass is 9.93. The molecular weight excluding hydrogens is 473 g/mol. The van der Waals surface area contributed by atoms with Gasteiger partial charge in [0.05, 0.1) is 0 Å². The zero-order valence-corrected chi connectivity index (χ0v) is 17.4. The van der Waals surface area contributed by atoms with E-state index in [0.717, 1.165) is 14.0 Å². The third kappa shape index (κ3) is 4.61. The van der Waals surface area contributed by atoms with Crippen molar-refractivity contribution in [3.63, 3.8) is 0 Å². The average molecular weight is 493 g/mol. The number of amides is 4. The normalized spacial score (nSPS) is 18.9. The quantitative estimate of drug-likeness (QED) is 0.426. The summed E-state index contributed by atoms with van der Waals surface area (Å²) in [6, 6.07) is 13.3. The molecule has 1 aliphatic rings. The smallest absolute Gasteiger partial charge is 0.325 e. The minimum absolute atomic E-state index is 0.172. The number of urea groups is 1. The second kappa shape index (κ2) is 8.17. The molecule has 2 aromatic carbocycles. The Morgan fingerprint density at radius 1 is 1.14 bits per heavy atom. The minimum Gasteiger partial charge on any atom is -0.508 e. The molecule has 146 valence electrons. The number of anilines is 1. The number of hydrogen-bond donors (Lipinski definition) is 3. The monoisotopic (exact) mass is 493 g/mol. The number of carbonyl (C=O) groups is 3. The number of aryl methyl sites for hydroxylation is 1. The molecule has 1 atom stereocenters. The molecule has 0 saturated carbocycles. The second-order valence-electron chi connectivity index (χ2n) is 6.88. The van der Waals surface area contributed by atoms with Crippen LogP contribution in [0.1, 0.15) is 18.9 Å². The molecule has 3 rings (SSSR count). The number of benzene rings is 2. The van der Waals surface area contributed by atoms with Crippen LogP contribution < -0.4 is 10.6 Å². The molecule has 7 nitrogen and oxygen atoms in total. The molecule has 1 aliphatic heterocycles. The number of imide groups is 1. The Kier molecular flexibility index (Phi) is 5.87. The SMILES string of the molecule is CC1(CCc2ccc(O)cc2)NC(=O)N(CC(=O)Nc2ccc(I)cc2)C1=O. The number of hydrogen-bond acceptors (Lipinski definition) is 4. The van der Waals surface area contributed by atoms with Crippen molar-refractivity contribution in [2.75, 3.05) is 11.9 Å². The summed E-state index contributed by atoms with van der Waals surface area (Å²) in [6.07, 6.45) is 0.934. The molecule has 1 unspecified atom stereocenters. The van der Waals surface area contributed by atoms with Crippen molar-refractivity contribution in [2.24, 2.45) is 0 Å². The fourth-order valence-corrected chi connectivity index (χ4v) is 3.35. The van der Waals surface area contributed by atoms with E-state index in [4.69, 9.17) is 0 Å². The molecule has 0 aromatic heterocycles. The van der Waals surface area contributed by atoms with Crippen LogP contribution >= 0.6 is 22.6 Å². The van der Waals surface area contributed by atoms with Crippen LogP contribution in [0.15, 0.2) is 48.5 Å². The van der Waals surface area contributed by atoms with Gasteiger partial charge in [0.15, 0.2) is 0 Å². The average Bonchev–Trinajstić information content (AvgIpc) is 2.87. The summed E-state index contributed by atoms with van der Waals surface area (Å²) in [5.74, 6) is -0.688. The number of phenolic OH excluding ortho intramolecular Hbond substituents is 1. The molecule has 0 spiro atoms. The highest BCUT2D eigenvalue weighted by Gasteiger charge is 2.47. The maximum atomic E-state index is 12.8. The van der Waals surface area contributed by atoms with Gasteiger partial charge in [-0.15, -0.1) is 0 Å². The predicted molar refractivity (Wildman–Crippen MR) is 113 cm³/mol. The Bertz CT molecular complexity index is 899. The summed E-state index contributed by atoms with van der Waals surface area (Å²) >= 11 is 2.16. The van der Waals surface area contributed by atoms with Gasteiger partial charge in [-0.05, 0) is 84.3 Å². The summed E-state index contributed by atoms with van der Waals surface area (Å²) in [5, 5.41) is 14.7. The predicted octanol–water partition coefficient (Wildman–Crippen LogP) is 2.88. The summed E-state index contributed by atoms with van der Waals surface area (Å²) in [5.41, 5.74) is 0.474. The van der Waals surface area contributed by atoms with Crippen molar-refractivity contribution in [3.8, 4) is 5.75 Å². The van der Waals surface area contributed by atoms with E-state index in [1.165, 1.54) is 0 Å². The number of aromatic hydroxyl groups is 1. The van der Waals surface area contributed by atoms with E-state index in [2.05, 4.69) is 33.2 Å². The largest absolute Gasteiger partial charge is 0.508 e. The molecule has 28 heavy (non-hydrogen) atoms. The Balaban J connectivity index is 1.60. The molecule has 4 amide bonds. The fraction of sp³-hybridized carbons (Fsp3) is 0.250. The van der Waals surface area contributed by atoms with Crippen molar-refractivity contribution >= 4 is 46.1 Å². The van der Waals surface area contributed by atoms with Crippen molar-refractivity contribution in [1.82, 2.24) is 10.2 Å². The third-order valence-corrected chi connectivity index (χ3v) is 5.34. The first-order chi connectivity index (χ1) is 13.3. The Hall–Kier alpha value is -2.62. The molecule has 2 aromatic rings. The van der Waals surface area contributed by atoms with Gasteiger partial charge in [0.2, 0.25) is 5.91 Å². The van der Waals surface area contributed by atoms with E-state index < -0.39 is 23.4 Å². The molecule has 0 radical (unpaired) electrons. The lowest BCUT2D eigenvalue weighted by Crippen LogP contribution is -2.45. The summed E-state index contributed by atoms with van der Waals surface area (Å²) in [7, 11) is 0. The van der Waals surface area contributed by atoms with Gasteiger partial charge in [0.25, 0.3) is 5.91 Å². The van der Waals surface area contributed by atoms with E-state index >= 15 is 0 Å². The number of halogens is 1. The first kappa shape index (κ1) is 20.1. The highest BCUT2D eigenvalue weighted by Crippen LogP contribution is 2.24. The van der Waals surface area contributed by atoms with Crippen LogP contribution in [0.3, 0.4) is 0 Å². The molecular formula is C20H20IN3O4. The Morgan fingerprint density at radius 2 is 1.79 bits per heavy atom. The summed E-state index contributed by atoms with van der Waals surface area (Å²) < 4.78 is 1.04. The number of carbonyl (C=O) groups excluding carboxylic acids is 3. The van der Waals surface area contributed by atoms with E-state index in [9.17, 15) is 19.5 Å². The first-order valence-electron chi connectivity index (χ1n) is 8.74. The van der Waals surface area contributed by atoms with Gasteiger partial charge in [-0.1, -0.05) is 12.1 Å². The van der Waals surface area contributed by atoms with Gasteiger partial charge in [-0.25, -0.2) is 4.79 Å². The second-order valence-corrected chi connectivity index (χ2v) is 8.12. The maximum absolute atomic E-state index is 12.8. The van der Waals surface area contributed by atoms with Gasteiger partial charge in [0.1, 0.15) is 17.8 Å². The first-order valence-corrected chi connectivity index (χ1v) is 9.82. The molecule has 0 bridgehead atoms. The summed E-state index contributed by atoms with van der Waals surface area (Å²) in [4.78, 5) is 38.2. The van der Waals surface area contributed by atoms with Gasteiger partial charge in [-0.2, -0.15) is 0 Å². The molecule has 1 heterocycles. The van der Waals surface area contributed by atoms with E-state index in [1.807, 2.05) is 12.1 Å². The molecule has 1 fully saturated rings.